The van der Waals surface area contributed by atoms with Crippen molar-refractivity contribution in [1.29, 1.82) is 0 Å². The Morgan fingerprint density at radius 1 is 1.44 bits per heavy atom. The van der Waals surface area contributed by atoms with Crippen molar-refractivity contribution in [2.24, 2.45) is 5.92 Å². The number of likely N-dealkylation sites (tertiary alicyclic amines) is 1. The summed E-state index contributed by atoms with van der Waals surface area (Å²) in [5.74, 6) is -0.980. The molecule has 0 saturated carbocycles. The van der Waals surface area contributed by atoms with Crippen LogP contribution in [-0.2, 0) is 4.79 Å². The van der Waals surface area contributed by atoms with E-state index in [1.807, 2.05) is 6.92 Å². The topological polar surface area (TPSA) is 110 Å². The lowest BCUT2D eigenvalue weighted by Gasteiger charge is -2.27. The molecule has 0 aromatic carbocycles. The van der Waals surface area contributed by atoms with Gasteiger partial charge in [-0.2, -0.15) is 0 Å². The number of nitrogens with one attached hydrogen (secondary N) is 1. The average Bonchev–Trinajstić information content (AvgIpc) is 2.69. The zero-order chi connectivity index (χ0) is 13.7. The molecule has 1 aliphatic rings. The summed E-state index contributed by atoms with van der Waals surface area (Å²) in [5.41, 5.74) is 0. The van der Waals surface area contributed by atoms with E-state index in [0.717, 1.165) is 6.42 Å². The van der Waals surface area contributed by atoms with Crippen LogP contribution in [0.4, 0.5) is 4.79 Å². The van der Waals surface area contributed by atoms with Crippen LogP contribution in [0.2, 0.25) is 0 Å². The van der Waals surface area contributed by atoms with Crippen LogP contribution in [-0.4, -0.2) is 64.1 Å². The van der Waals surface area contributed by atoms with Gasteiger partial charge in [0.25, 0.3) is 0 Å². The predicted molar refractivity (Wildman–Crippen MR) is 63.0 cm³/mol. The fourth-order valence-electron chi connectivity index (χ4n) is 2.16. The molecule has 0 aliphatic carbocycles. The molecule has 18 heavy (non-hydrogen) atoms. The van der Waals surface area contributed by atoms with E-state index in [4.69, 9.17) is 10.2 Å². The van der Waals surface area contributed by atoms with E-state index in [-0.39, 0.29) is 31.6 Å². The molecule has 4 N–H and O–H groups in total. The Balaban J connectivity index is 2.61. The minimum Gasteiger partial charge on any atom is -0.480 e. The van der Waals surface area contributed by atoms with Gasteiger partial charge in [0.05, 0.1) is 12.6 Å². The first kappa shape index (κ1) is 14.7. The second kappa shape index (κ2) is 6.55. The Kier molecular flexibility index (Phi) is 5.36. The number of aliphatic hydroxyl groups is 2. The van der Waals surface area contributed by atoms with Gasteiger partial charge in [0, 0.05) is 19.6 Å². The fraction of sp³-hybridized carbons (Fsp3) is 0.818. The van der Waals surface area contributed by atoms with Gasteiger partial charge in [0.2, 0.25) is 0 Å². The molecular weight excluding hydrogens is 240 g/mol. The first-order valence-electron chi connectivity index (χ1n) is 6.03. The number of hydrogen-bond donors (Lipinski definition) is 4. The molecule has 0 aromatic heterocycles. The van der Waals surface area contributed by atoms with Gasteiger partial charge in [-0.25, -0.2) is 9.59 Å². The maximum atomic E-state index is 11.9. The molecule has 7 heteroatoms. The van der Waals surface area contributed by atoms with Crippen molar-refractivity contribution in [2.45, 2.75) is 31.8 Å². The molecule has 3 atom stereocenters. The molecule has 2 unspecified atom stereocenters. The lowest BCUT2D eigenvalue weighted by molar-refractivity contribution is -0.139. The maximum Gasteiger partial charge on any atom is 0.326 e. The smallest absolute Gasteiger partial charge is 0.326 e. The van der Waals surface area contributed by atoms with Gasteiger partial charge in [-0.1, -0.05) is 6.92 Å². The number of aliphatic hydroxyl groups excluding tert-OH is 2. The molecule has 1 rings (SSSR count). The molecule has 7 nitrogen and oxygen atoms in total. The van der Waals surface area contributed by atoms with E-state index in [1.54, 1.807) is 0 Å². The maximum absolute atomic E-state index is 11.9. The molecule has 1 heterocycles. The molecule has 0 radical (unpaired) electrons. The Bertz CT molecular complexity index is 310. The van der Waals surface area contributed by atoms with Crippen molar-refractivity contribution >= 4 is 12.0 Å². The lowest BCUT2D eigenvalue weighted by Crippen LogP contribution is -2.51. The van der Waals surface area contributed by atoms with Gasteiger partial charge in [0.1, 0.15) is 6.04 Å². The van der Waals surface area contributed by atoms with Crippen molar-refractivity contribution < 1.29 is 24.9 Å². The number of rotatable bonds is 5. The SMILES string of the molecule is CC1CCN(C(=O)N[C@H](CCO)C(=O)O)C1CO. The van der Waals surface area contributed by atoms with Crippen LogP contribution < -0.4 is 5.32 Å². The number of carboxylic acids is 1. The van der Waals surface area contributed by atoms with E-state index in [9.17, 15) is 14.7 Å². The summed E-state index contributed by atoms with van der Waals surface area (Å²) in [5, 5.41) is 29.2. The lowest BCUT2D eigenvalue weighted by atomic mass is 10.0. The van der Waals surface area contributed by atoms with E-state index in [0.29, 0.717) is 6.54 Å². The van der Waals surface area contributed by atoms with Gasteiger partial charge >= 0.3 is 12.0 Å². The standard InChI is InChI=1S/C11H20N2O5/c1-7-2-4-13(9(7)6-15)11(18)12-8(3-5-14)10(16)17/h7-9,14-15H,2-6H2,1H3,(H,12,18)(H,16,17)/t7?,8-,9?/m1/s1. The highest BCUT2D eigenvalue weighted by Crippen LogP contribution is 2.23. The average molecular weight is 260 g/mol. The number of carbonyl (C=O) groups excluding carboxylic acids is 1. The van der Waals surface area contributed by atoms with E-state index in [1.165, 1.54) is 4.90 Å². The summed E-state index contributed by atoms with van der Waals surface area (Å²) in [6.45, 7) is 2.00. The molecular formula is C11H20N2O5. The van der Waals surface area contributed by atoms with Crippen LogP contribution in [0.3, 0.4) is 0 Å². The van der Waals surface area contributed by atoms with Gasteiger partial charge in [-0.05, 0) is 12.3 Å². The van der Waals surface area contributed by atoms with Gasteiger partial charge < -0.3 is 25.5 Å². The number of urea groups is 1. The Morgan fingerprint density at radius 3 is 2.61 bits per heavy atom. The summed E-state index contributed by atoms with van der Waals surface area (Å²) >= 11 is 0. The molecule has 1 fully saturated rings. The normalized spacial score (nSPS) is 24.9. The highest BCUT2D eigenvalue weighted by molar-refractivity contribution is 5.82. The third-order valence-corrected chi connectivity index (χ3v) is 3.34. The molecule has 0 bridgehead atoms. The van der Waals surface area contributed by atoms with Crippen LogP contribution in [0.1, 0.15) is 19.8 Å². The predicted octanol–water partition coefficient (Wildman–Crippen LogP) is -0.766. The number of amides is 2. The fourth-order valence-corrected chi connectivity index (χ4v) is 2.16. The summed E-state index contributed by atoms with van der Waals surface area (Å²) in [6.07, 6.45) is 0.755. The van der Waals surface area contributed by atoms with Crippen LogP contribution in [0, 0.1) is 5.92 Å². The summed E-state index contributed by atoms with van der Waals surface area (Å²) < 4.78 is 0. The van der Waals surface area contributed by atoms with Crippen LogP contribution in [0.5, 0.6) is 0 Å². The Labute approximate surface area is 105 Å². The quantitative estimate of drug-likeness (QED) is 0.519. The van der Waals surface area contributed by atoms with Gasteiger partial charge in [-0.3, -0.25) is 0 Å². The zero-order valence-electron chi connectivity index (χ0n) is 10.4. The minimum absolute atomic E-state index is 0.0335. The van der Waals surface area contributed by atoms with Crippen molar-refractivity contribution in [1.82, 2.24) is 10.2 Å². The van der Waals surface area contributed by atoms with Gasteiger partial charge in [-0.15, -0.1) is 0 Å². The number of carboxylic acid groups (broad SMARTS) is 1. The van der Waals surface area contributed by atoms with Crippen LogP contribution in [0.15, 0.2) is 0 Å². The molecule has 0 spiro atoms. The summed E-state index contributed by atoms with van der Waals surface area (Å²) in [4.78, 5) is 24.2. The van der Waals surface area contributed by atoms with Gasteiger partial charge in [0.15, 0.2) is 0 Å². The van der Waals surface area contributed by atoms with Crippen molar-refractivity contribution in [3.8, 4) is 0 Å². The van der Waals surface area contributed by atoms with Crippen molar-refractivity contribution in [3.63, 3.8) is 0 Å². The third kappa shape index (κ3) is 3.33. The monoisotopic (exact) mass is 260 g/mol. The molecule has 1 saturated heterocycles. The highest BCUT2D eigenvalue weighted by Gasteiger charge is 2.35. The summed E-state index contributed by atoms with van der Waals surface area (Å²) in [7, 11) is 0. The summed E-state index contributed by atoms with van der Waals surface area (Å²) in [6, 6.07) is -1.87. The number of nitrogens with zero attached hydrogens (tertiary/aromatic N) is 1. The van der Waals surface area contributed by atoms with Crippen molar-refractivity contribution in [2.75, 3.05) is 19.8 Å². The molecule has 1 aliphatic heterocycles. The second-order valence-corrected chi connectivity index (χ2v) is 4.56. The Morgan fingerprint density at radius 2 is 2.11 bits per heavy atom. The van der Waals surface area contributed by atoms with E-state index >= 15 is 0 Å². The largest absolute Gasteiger partial charge is 0.480 e. The molecule has 104 valence electrons. The van der Waals surface area contributed by atoms with Crippen LogP contribution in [0.25, 0.3) is 0 Å². The number of carbonyl (C=O) groups is 2. The number of aliphatic carboxylic acids is 1. The second-order valence-electron chi connectivity index (χ2n) is 4.56. The molecule has 0 aromatic rings. The Hall–Kier alpha value is -1.34. The van der Waals surface area contributed by atoms with E-state index in [2.05, 4.69) is 5.32 Å². The third-order valence-electron chi connectivity index (χ3n) is 3.34. The zero-order valence-corrected chi connectivity index (χ0v) is 10.4. The first-order valence-corrected chi connectivity index (χ1v) is 6.03. The minimum atomic E-state index is -1.18. The first-order chi connectivity index (χ1) is 8.51. The van der Waals surface area contributed by atoms with Crippen molar-refractivity contribution in [3.05, 3.63) is 0 Å². The van der Waals surface area contributed by atoms with E-state index < -0.39 is 18.0 Å². The van der Waals surface area contributed by atoms with Crippen LogP contribution >= 0.6 is 0 Å². The molecule has 2 amide bonds. The highest BCUT2D eigenvalue weighted by atomic mass is 16.4. The number of hydrogen-bond acceptors (Lipinski definition) is 4.